The van der Waals surface area contributed by atoms with Crippen LogP contribution in [0, 0.1) is 0 Å². The van der Waals surface area contributed by atoms with Gasteiger partial charge in [-0.2, -0.15) is 0 Å². The lowest BCUT2D eigenvalue weighted by Gasteiger charge is -2.21. The van der Waals surface area contributed by atoms with E-state index in [9.17, 15) is 9.59 Å². The summed E-state index contributed by atoms with van der Waals surface area (Å²) in [6.45, 7) is 2.04. The summed E-state index contributed by atoms with van der Waals surface area (Å²) in [5.74, 6) is 0.269. The quantitative estimate of drug-likeness (QED) is 0.866. The minimum Gasteiger partial charge on any atom is -0.347 e. The fourth-order valence-electron chi connectivity index (χ4n) is 1.95. The van der Waals surface area contributed by atoms with E-state index >= 15 is 0 Å². The van der Waals surface area contributed by atoms with Crippen LogP contribution in [-0.2, 0) is 11.3 Å². The zero-order chi connectivity index (χ0) is 15.2. The molecule has 21 heavy (non-hydrogen) atoms. The van der Waals surface area contributed by atoms with Gasteiger partial charge in [-0.15, -0.1) is 0 Å². The van der Waals surface area contributed by atoms with Gasteiger partial charge in [-0.05, 0) is 19.1 Å². The number of nitrogens with zero attached hydrogens (tertiary/aromatic N) is 2. The zero-order valence-corrected chi connectivity index (χ0v) is 12.0. The van der Waals surface area contributed by atoms with E-state index in [1.807, 2.05) is 6.07 Å². The molecular weight excluding hydrogens is 268 g/mol. The van der Waals surface area contributed by atoms with Crippen molar-refractivity contribution >= 4 is 11.8 Å². The number of benzene rings is 1. The van der Waals surface area contributed by atoms with Crippen LogP contribution >= 0.6 is 0 Å². The summed E-state index contributed by atoms with van der Waals surface area (Å²) in [6, 6.07) is 8.22. The van der Waals surface area contributed by atoms with Crippen molar-refractivity contribution in [3.63, 3.8) is 0 Å². The monoisotopic (exact) mass is 286 g/mol. The van der Waals surface area contributed by atoms with Crippen molar-refractivity contribution in [2.45, 2.75) is 19.5 Å². The highest BCUT2D eigenvalue weighted by atomic mass is 16.2. The number of H-pyrrole nitrogens is 1. The van der Waals surface area contributed by atoms with Crippen LogP contribution in [0.1, 0.15) is 23.1 Å². The van der Waals surface area contributed by atoms with Crippen molar-refractivity contribution < 1.29 is 9.59 Å². The molecule has 0 bridgehead atoms. The van der Waals surface area contributed by atoms with Crippen molar-refractivity contribution in [1.82, 2.24) is 20.2 Å². The number of aromatic nitrogens is 2. The Labute approximate surface area is 123 Å². The SMILES string of the molecule is CC(NC(=O)c1ccccc1)C(=O)N(C)Cc1ncc[nH]1. The van der Waals surface area contributed by atoms with Gasteiger partial charge >= 0.3 is 0 Å². The smallest absolute Gasteiger partial charge is 0.251 e. The molecule has 0 saturated heterocycles. The molecule has 0 spiro atoms. The highest BCUT2D eigenvalue weighted by molar-refractivity contribution is 5.97. The standard InChI is InChI=1S/C15H18N4O2/c1-11(18-14(20)12-6-4-3-5-7-12)15(21)19(2)10-13-16-8-9-17-13/h3-9,11H,10H2,1-2H3,(H,16,17)(H,18,20). The number of carbonyl (C=O) groups excluding carboxylic acids is 2. The number of nitrogens with one attached hydrogen (secondary N) is 2. The number of amides is 2. The highest BCUT2D eigenvalue weighted by Crippen LogP contribution is 2.02. The Balaban J connectivity index is 1.91. The topological polar surface area (TPSA) is 78.1 Å². The van der Waals surface area contributed by atoms with Crippen molar-refractivity contribution in [2.24, 2.45) is 0 Å². The van der Waals surface area contributed by atoms with E-state index in [4.69, 9.17) is 0 Å². The van der Waals surface area contributed by atoms with Gasteiger partial charge < -0.3 is 15.2 Å². The fraction of sp³-hybridized carbons (Fsp3) is 0.267. The lowest BCUT2D eigenvalue weighted by Crippen LogP contribution is -2.45. The van der Waals surface area contributed by atoms with Gasteiger partial charge in [0, 0.05) is 25.0 Å². The number of likely N-dealkylation sites (N-methyl/N-ethyl adjacent to an activating group) is 1. The molecular formula is C15H18N4O2. The summed E-state index contributed by atoms with van der Waals surface area (Å²) in [5, 5.41) is 2.70. The molecule has 0 radical (unpaired) electrons. The van der Waals surface area contributed by atoms with Crippen LogP contribution in [0.4, 0.5) is 0 Å². The van der Waals surface area contributed by atoms with E-state index in [1.54, 1.807) is 50.6 Å². The number of rotatable bonds is 5. The van der Waals surface area contributed by atoms with Gasteiger partial charge in [0.15, 0.2) is 0 Å². The Morgan fingerprint density at radius 2 is 2.05 bits per heavy atom. The summed E-state index contributed by atoms with van der Waals surface area (Å²) < 4.78 is 0. The maximum absolute atomic E-state index is 12.2. The average Bonchev–Trinajstić information content (AvgIpc) is 3.00. The van der Waals surface area contributed by atoms with Gasteiger partial charge in [-0.1, -0.05) is 18.2 Å². The van der Waals surface area contributed by atoms with Crippen LogP contribution in [0.3, 0.4) is 0 Å². The Morgan fingerprint density at radius 3 is 2.67 bits per heavy atom. The number of aromatic amines is 1. The molecule has 1 heterocycles. The van der Waals surface area contributed by atoms with Crippen LogP contribution in [-0.4, -0.2) is 39.8 Å². The maximum Gasteiger partial charge on any atom is 0.251 e. The molecule has 2 amide bonds. The lowest BCUT2D eigenvalue weighted by atomic mass is 10.2. The van der Waals surface area contributed by atoms with Crippen molar-refractivity contribution in [3.05, 3.63) is 54.1 Å². The second-order valence-corrected chi connectivity index (χ2v) is 4.79. The molecule has 6 nitrogen and oxygen atoms in total. The third-order valence-electron chi connectivity index (χ3n) is 3.07. The molecule has 0 saturated carbocycles. The molecule has 2 N–H and O–H groups in total. The molecule has 0 aliphatic rings. The average molecular weight is 286 g/mol. The second-order valence-electron chi connectivity index (χ2n) is 4.79. The summed E-state index contributed by atoms with van der Waals surface area (Å²) in [5.41, 5.74) is 0.533. The molecule has 1 aromatic carbocycles. The van der Waals surface area contributed by atoms with Gasteiger partial charge in [0.25, 0.3) is 5.91 Å². The predicted octanol–water partition coefficient (Wildman–Crippen LogP) is 1.19. The van der Waals surface area contributed by atoms with E-state index in [2.05, 4.69) is 15.3 Å². The van der Waals surface area contributed by atoms with E-state index in [0.29, 0.717) is 17.9 Å². The first-order valence-electron chi connectivity index (χ1n) is 6.67. The van der Waals surface area contributed by atoms with E-state index in [0.717, 1.165) is 0 Å². The Kier molecular flexibility index (Phi) is 4.71. The molecule has 0 aliphatic carbocycles. The molecule has 6 heteroatoms. The van der Waals surface area contributed by atoms with Crippen LogP contribution < -0.4 is 5.32 Å². The highest BCUT2D eigenvalue weighted by Gasteiger charge is 2.20. The normalized spacial score (nSPS) is 11.7. The van der Waals surface area contributed by atoms with Crippen LogP contribution in [0.5, 0.6) is 0 Å². The third-order valence-corrected chi connectivity index (χ3v) is 3.07. The fourth-order valence-corrected chi connectivity index (χ4v) is 1.95. The van der Waals surface area contributed by atoms with Gasteiger partial charge in [0.1, 0.15) is 11.9 Å². The van der Waals surface area contributed by atoms with Crippen LogP contribution in [0.15, 0.2) is 42.7 Å². The summed E-state index contributed by atoms with van der Waals surface area (Å²) in [4.78, 5) is 32.7. The predicted molar refractivity (Wildman–Crippen MR) is 78.4 cm³/mol. The Bertz CT molecular complexity index is 595. The van der Waals surface area contributed by atoms with Gasteiger partial charge in [0.2, 0.25) is 5.91 Å². The molecule has 1 unspecified atom stereocenters. The molecule has 0 fully saturated rings. The molecule has 1 aromatic heterocycles. The lowest BCUT2D eigenvalue weighted by molar-refractivity contribution is -0.132. The zero-order valence-electron chi connectivity index (χ0n) is 12.0. The number of hydrogen-bond acceptors (Lipinski definition) is 3. The Morgan fingerprint density at radius 1 is 1.33 bits per heavy atom. The summed E-state index contributed by atoms with van der Waals surface area (Å²) in [6.07, 6.45) is 3.34. The van der Waals surface area contributed by atoms with Crippen molar-refractivity contribution in [2.75, 3.05) is 7.05 Å². The van der Waals surface area contributed by atoms with Crippen molar-refractivity contribution in [1.29, 1.82) is 0 Å². The first kappa shape index (κ1) is 14.8. The van der Waals surface area contributed by atoms with Gasteiger partial charge in [-0.3, -0.25) is 9.59 Å². The number of hydrogen-bond donors (Lipinski definition) is 2. The second kappa shape index (κ2) is 6.69. The van der Waals surface area contributed by atoms with Crippen LogP contribution in [0.2, 0.25) is 0 Å². The minimum atomic E-state index is -0.599. The first-order chi connectivity index (χ1) is 10.1. The molecule has 2 aromatic rings. The maximum atomic E-state index is 12.2. The van der Waals surface area contributed by atoms with E-state index in [-0.39, 0.29) is 11.8 Å². The molecule has 110 valence electrons. The summed E-state index contributed by atoms with van der Waals surface area (Å²) in [7, 11) is 1.68. The van der Waals surface area contributed by atoms with E-state index in [1.165, 1.54) is 4.90 Å². The van der Waals surface area contributed by atoms with Crippen LogP contribution in [0.25, 0.3) is 0 Å². The number of imidazole rings is 1. The molecule has 0 aliphatic heterocycles. The molecule has 2 rings (SSSR count). The largest absolute Gasteiger partial charge is 0.347 e. The number of carbonyl (C=O) groups is 2. The minimum absolute atomic E-state index is 0.171. The van der Waals surface area contributed by atoms with Crippen molar-refractivity contribution in [3.8, 4) is 0 Å². The third kappa shape index (κ3) is 3.92. The molecule has 1 atom stereocenters. The summed E-state index contributed by atoms with van der Waals surface area (Å²) >= 11 is 0. The Hall–Kier alpha value is -2.63. The van der Waals surface area contributed by atoms with E-state index < -0.39 is 6.04 Å². The van der Waals surface area contributed by atoms with Gasteiger partial charge in [-0.25, -0.2) is 4.98 Å². The van der Waals surface area contributed by atoms with Gasteiger partial charge in [0.05, 0.1) is 6.54 Å². The first-order valence-corrected chi connectivity index (χ1v) is 6.67.